The number of benzene rings is 1. The maximum Gasteiger partial charge on any atom is 0.236 e. The van der Waals surface area contributed by atoms with E-state index in [4.69, 9.17) is 5.73 Å². The summed E-state index contributed by atoms with van der Waals surface area (Å²) in [6, 6.07) is 6.35. The number of hydrogen-bond acceptors (Lipinski definition) is 3. The molecular formula is C15H23N3O. The van der Waals surface area contributed by atoms with Gasteiger partial charge in [0.15, 0.2) is 0 Å². The fraction of sp³-hybridized carbons (Fsp3) is 0.533. The summed E-state index contributed by atoms with van der Waals surface area (Å²) in [5.41, 5.74) is 9.22. The van der Waals surface area contributed by atoms with E-state index in [9.17, 15) is 4.79 Å². The second-order valence-corrected chi connectivity index (χ2v) is 5.00. The predicted octanol–water partition coefficient (Wildman–Crippen LogP) is 1.71. The highest BCUT2D eigenvalue weighted by Crippen LogP contribution is 2.32. The molecule has 0 heterocycles. The molecule has 1 unspecified atom stereocenters. The molecule has 4 heteroatoms. The molecule has 2 rings (SSSR count). The zero-order valence-electron chi connectivity index (χ0n) is 11.8. The average molecular weight is 261 g/mol. The Hall–Kier alpha value is -1.55. The number of likely N-dealkylation sites (N-methyl/N-ethyl adjacent to an activating group) is 1. The number of nitrogens with two attached hydrogens (primary N) is 1. The Morgan fingerprint density at radius 2 is 2.16 bits per heavy atom. The third-order valence-electron chi connectivity index (χ3n) is 3.86. The van der Waals surface area contributed by atoms with Gasteiger partial charge in [0.25, 0.3) is 0 Å². The van der Waals surface area contributed by atoms with E-state index in [1.165, 1.54) is 11.1 Å². The Labute approximate surface area is 115 Å². The molecule has 1 atom stereocenters. The van der Waals surface area contributed by atoms with Crippen LogP contribution in [0.25, 0.3) is 0 Å². The van der Waals surface area contributed by atoms with E-state index < -0.39 is 0 Å². The number of nitrogens with one attached hydrogen (secondary N) is 1. The Morgan fingerprint density at radius 3 is 2.84 bits per heavy atom. The summed E-state index contributed by atoms with van der Waals surface area (Å²) in [6.07, 6.45) is 2.09. The van der Waals surface area contributed by atoms with Gasteiger partial charge in [-0.15, -0.1) is 0 Å². The highest BCUT2D eigenvalue weighted by atomic mass is 16.2. The normalized spacial score (nSPS) is 17.3. The summed E-state index contributed by atoms with van der Waals surface area (Å²) in [6.45, 7) is 5.98. The van der Waals surface area contributed by atoms with Crippen molar-refractivity contribution in [2.24, 2.45) is 0 Å². The second-order valence-electron chi connectivity index (χ2n) is 5.00. The molecule has 0 aromatic heterocycles. The molecule has 1 aliphatic carbocycles. The van der Waals surface area contributed by atoms with Crippen LogP contribution in [0, 0.1) is 0 Å². The van der Waals surface area contributed by atoms with Crippen molar-refractivity contribution in [3.8, 4) is 0 Å². The maximum atomic E-state index is 12.0. The number of rotatable bonds is 5. The van der Waals surface area contributed by atoms with E-state index in [0.29, 0.717) is 6.54 Å². The maximum absolute atomic E-state index is 12.0. The number of anilines is 1. The number of aryl methyl sites for hydroxylation is 1. The van der Waals surface area contributed by atoms with Crippen molar-refractivity contribution in [1.82, 2.24) is 10.2 Å². The number of carbonyl (C=O) groups is 1. The first-order valence-corrected chi connectivity index (χ1v) is 7.05. The van der Waals surface area contributed by atoms with Crippen molar-refractivity contribution in [3.05, 3.63) is 29.3 Å². The number of hydrogen-bond donors (Lipinski definition) is 2. The number of carbonyl (C=O) groups excluding carboxylic acids is 1. The average Bonchev–Trinajstić information content (AvgIpc) is 2.80. The topological polar surface area (TPSA) is 58.4 Å². The van der Waals surface area contributed by atoms with Crippen LogP contribution < -0.4 is 11.1 Å². The molecular weight excluding hydrogens is 238 g/mol. The van der Waals surface area contributed by atoms with Crippen LogP contribution in [-0.2, 0) is 11.2 Å². The Kier molecular flexibility index (Phi) is 4.43. The fourth-order valence-electron chi connectivity index (χ4n) is 2.75. The van der Waals surface area contributed by atoms with Crippen LogP contribution in [0.2, 0.25) is 0 Å². The molecule has 0 spiro atoms. The largest absolute Gasteiger partial charge is 0.399 e. The summed E-state index contributed by atoms with van der Waals surface area (Å²) >= 11 is 0. The molecule has 0 fully saturated rings. The van der Waals surface area contributed by atoms with E-state index in [1.54, 1.807) is 0 Å². The molecule has 4 nitrogen and oxygen atoms in total. The minimum Gasteiger partial charge on any atom is -0.399 e. The highest BCUT2D eigenvalue weighted by Gasteiger charge is 2.23. The zero-order valence-corrected chi connectivity index (χ0v) is 11.8. The summed E-state index contributed by atoms with van der Waals surface area (Å²) in [5, 5.41) is 3.37. The first kappa shape index (κ1) is 13.9. The van der Waals surface area contributed by atoms with Gasteiger partial charge in [-0.05, 0) is 49.9 Å². The Balaban J connectivity index is 1.94. The van der Waals surface area contributed by atoms with Gasteiger partial charge in [0.1, 0.15) is 0 Å². The van der Waals surface area contributed by atoms with Crippen molar-refractivity contribution in [2.75, 3.05) is 25.4 Å². The lowest BCUT2D eigenvalue weighted by Crippen LogP contribution is -2.38. The van der Waals surface area contributed by atoms with Crippen molar-refractivity contribution in [3.63, 3.8) is 0 Å². The first-order valence-electron chi connectivity index (χ1n) is 7.05. The number of nitrogens with zero attached hydrogens (tertiary/aromatic N) is 1. The quantitative estimate of drug-likeness (QED) is 0.793. The van der Waals surface area contributed by atoms with E-state index in [-0.39, 0.29) is 11.9 Å². The molecule has 0 bridgehead atoms. The van der Waals surface area contributed by atoms with Crippen LogP contribution in [-0.4, -0.2) is 30.4 Å². The molecule has 1 aliphatic rings. The van der Waals surface area contributed by atoms with Gasteiger partial charge in [-0.25, -0.2) is 0 Å². The Morgan fingerprint density at radius 1 is 1.42 bits per heavy atom. The van der Waals surface area contributed by atoms with Crippen molar-refractivity contribution < 1.29 is 4.79 Å². The predicted molar refractivity (Wildman–Crippen MR) is 77.8 cm³/mol. The lowest BCUT2D eigenvalue weighted by Gasteiger charge is -2.21. The van der Waals surface area contributed by atoms with Gasteiger partial charge in [0.05, 0.1) is 6.54 Å². The van der Waals surface area contributed by atoms with Crippen LogP contribution in [0.4, 0.5) is 5.69 Å². The monoisotopic (exact) mass is 261 g/mol. The van der Waals surface area contributed by atoms with Crippen molar-refractivity contribution in [2.45, 2.75) is 32.7 Å². The van der Waals surface area contributed by atoms with E-state index in [1.807, 2.05) is 30.9 Å². The number of nitrogen functional groups attached to an aromatic ring is 1. The standard InChI is InChI=1S/C15H23N3O/c1-3-18(4-2)15(19)10-17-14-8-5-11-9-12(16)6-7-13(11)14/h6-7,9,14,17H,3-5,8,10,16H2,1-2H3. The molecule has 19 heavy (non-hydrogen) atoms. The van der Waals surface area contributed by atoms with Crippen LogP contribution in [0.1, 0.15) is 37.4 Å². The van der Waals surface area contributed by atoms with Crippen LogP contribution >= 0.6 is 0 Å². The summed E-state index contributed by atoms with van der Waals surface area (Å²) in [7, 11) is 0. The van der Waals surface area contributed by atoms with E-state index in [2.05, 4.69) is 11.4 Å². The lowest BCUT2D eigenvalue weighted by molar-refractivity contribution is -0.130. The SMILES string of the molecule is CCN(CC)C(=O)CNC1CCc2cc(N)ccc21. The molecule has 0 saturated carbocycles. The minimum absolute atomic E-state index is 0.175. The minimum atomic E-state index is 0.175. The van der Waals surface area contributed by atoms with Gasteiger partial charge < -0.3 is 16.0 Å². The molecule has 0 radical (unpaired) electrons. The molecule has 1 aromatic carbocycles. The molecule has 104 valence electrons. The van der Waals surface area contributed by atoms with Gasteiger partial charge in [-0.1, -0.05) is 6.07 Å². The van der Waals surface area contributed by atoms with Gasteiger partial charge in [-0.3, -0.25) is 4.79 Å². The van der Waals surface area contributed by atoms with Crippen LogP contribution in [0.3, 0.4) is 0 Å². The van der Waals surface area contributed by atoms with Gasteiger partial charge in [0.2, 0.25) is 5.91 Å². The van der Waals surface area contributed by atoms with Crippen molar-refractivity contribution in [1.29, 1.82) is 0 Å². The Bertz CT molecular complexity index is 455. The highest BCUT2D eigenvalue weighted by molar-refractivity contribution is 5.78. The first-order chi connectivity index (χ1) is 9.15. The second kappa shape index (κ2) is 6.06. The smallest absolute Gasteiger partial charge is 0.236 e. The van der Waals surface area contributed by atoms with Crippen molar-refractivity contribution >= 4 is 11.6 Å². The third-order valence-corrected chi connectivity index (χ3v) is 3.86. The van der Waals surface area contributed by atoms with Crippen LogP contribution in [0.15, 0.2) is 18.2 Å². The third kappa shape index (κ3) is 3.07. The molecule has 0 aliphatic heterocycles. The van der Waals surface area contributed by atoms with Gasteiger partial charge >= 0.3 is 0 Å². The summed E-state index contributed by atoms with van der Waals surface area (Å²) < 4.78 is 0. The van der Waals surface area contributed by atoms with Gasteiger partial charge in [-0.2, -0.15) is 0 Å². The summed E-state index contributed by atoms with van der Waals surface area (Å²) in [5.74, 6) is 0.175. The van der Waals surface area contributed by atoms with Gasteiger partial charge in [0, 0.05) is 24.8 Å². The fourth-order valence-corrected chi connectivity index (χ4v) is 2.75. The van der Waals surface area contributed by atoms with E-state index >= 15 is 0 Å². The molecule has 1 aromatic rings. The molecule has 0 saturated heterocycles. The summed E-state index contributed by atoms with van der Waals surface area (Å²) in [4.78, 5) is 13.8. The molecule has 3 N–H and O–H groups in total. The number of fused-ring (bicyclic) bond motifs is 1. The number of amides is 1. The van der Waals surface area contributed by atoms with E-state index in [0.717, 1.165) is 31.6 Å². The lowest BCUT2D eigenvalue weighted by atomic mass is 10.1. The zero-order chi connectivity index (χ0) is 13.8. The molecule has 1 amide bonds. The van der Waals surface area contributed by atoms with Crippen LogP contribution in [0.5, 0.6) is 0 Å².